The standard InChI is InChI=1S/C15H22INS/c1-2-9-17-14(15-4-3-10-18-15)11-12-5-7-13(16)8-6-12/h5-8,14-15,17H,2-4,9-11H2,1H3. The molecule has 2 rings (SSSR count). The average molecular weight is 375 g/mol. The molecule has 18 heavy (non-hydrogen) atoms. The molecular formula is C15H22INS. The van der Waals surface area contributed by atoms with Crippen LogP contribution in [0.2, 0.25) is 0 Å². The van der Waals surface area contributed by atoms with Crippen LogP contribution in [0.15, 0.2) is 24.3 Å². The minimum Gasteiger partial charge on any atom is -0.313 e. The summed E-state index contributed by atoms with van der Waals surface area (Å²) in [6, 6.07) is 9.64. The van der Waals surface area contributed by atoms with Gasteiger partial charge < -0.3 is 5.32 Å². The Balaban J connectivity index is 1.97. The number of hydrogen-bond donors (Lipinski definition) is 1. The van der Waals surface area contributed by atoms with Crippen molar-refractivity contribution in [2.24, 2.45) is 0 Å². The SMILES string of the molecule is CCCNC(Cc1ccc(I)cc1)C1CCCS1. The fourth-order valence-corrected chi connectivity index (χ4v) is 4.21. The smallest absolute Gasteiger partial charge is 0.0226 e. The van der Waals surface area contributed by atoms with E-state index in [1.165, 1.54) is 40.6 Å². The van der Waals surface area contributed by atoms with Crippen molar-refractivity contribution in [3.8, 4) is 0 Å². The van der Waals surface area contributed by atoms with Crippen molar-refractivity contribution in [3.05, 3.63) is 33.4 Å². The minimum absolute atomic E-state index is 0.650. The third kappa shape index (κ3) is 4.42. The molecule has 3 heteroatoms. The molecule has 2 unspecified atom stereocenters. The normalized spacial score (nSPS) is 21.1. The van der Waals surface area contributed by atoms with Gasteiger partial charge in [-0.2, -0.15) is 11.8 Å². The molecular weight excluding hydrogens is 353 g/mol. The Morgan fingerprint density at radius 1 is 1.39 bits per heavy atom. The van der Waals surface area contributed by atoms with E-state index in [4.69, 9.17) is 0 Å². The van der Waals surface area contributed by atoms with Gasteiger partial charge in [0.05, 0.1) is 0 Å². The van der Waals surface area contributed by atoms with Crippen molar-refractivity contribution < 1.29 is 0 Å². The number of benzene rings is 1. The Labute approximate surface area is 129 Å². The summed E-state index contributed by atoms with van der Waals surface area (Å²) in [6.45, 7) is 3.39. The molecule has 1 saturated heterocycles. The van der Waals surface area contributed by atoms with Crippen LogP contribution in [0.5, 0.6) is 0 Å². The summed E-state index contributed by atoms with van der Waals surface area (Å²) in [7, 11) is 0. The molecule has 0 radical (unpaired) electrons. The number of halogens is 1. The fourth-order valence-electron chi connectivity index (χ4n) is 2.46. The highest BCUT2D eigenvalue weighted by atomic mass is 127. The second kappa shape index (κ2) is 7.75. The lowest BCUT2D eigenvalue weighted by Gasteiger charge is -2.24. The van der Waals surface area contributed by atoms with Crippen LogP contribution in [0.25, 0.3) is 0 Å². The van der Waals surface area contributed by atoms with Gasteiger partial charge in [-0.25, -0.2) is 0 Å². The molecule has 0 aromatic heterocycles. The van der Waals surface area contributed by atoms with E-state index < -0.39 is 0 Å². The van der Waals surface area contributed by atoms with Gasteiger partial charge in [0.1, 0.15) is 0 Å². The summed E-state index contributed by atoms with van der Waals surface area (Å²) in [6.07, 6.45) is 5.18. The molecule has 2 atom stereocenters. The third-order valence-corrected chi connectivity index (χ3v) is 5.68. The first-order chi connectivity index (χ1) is 8.79. The van der Waals surface area contributed by atoms with Gasteiger partial charge in [-0.3, -0.25) is 0 Å². The van der Waals surface area contributed by atoms with Crippen LogP contribution in [-0.2, 0) is 6.42 Å². The molecule has 100 valence electrons. The zero-order valence-electron chi connectivity index (χ0n) is 11.0. The molecule has 0 amide bonds. The van der Waals surface area contributed by atoms with Crippen molar-refractivity contribution in [2.45, 2.75) is 43.9 Å². The molecule has 0 saturated carbocycles. The van der Waals surface area contributed by atoms with Crippen molar-refractivity contribution in [1.82, 2.24) is 5.32 Å². The van der Waals surface area contributed by atoms with Crippen molar-refractivity contribution >= 4 is 34.4 Å². The summed E-state index contributed by atoms with van der Waals surface area (Å²) < 4.78 is 1.32. The molecule has 0 aliphatic carbocycles. The Morgan fingerprint density at radius 3 is 2.78 bits per heavy atom. The Bertz CT molecular complexity index is 346. The maximum Gasteiger partial charge on any atom is 0.0226 e. The average Bonchev–Trinajstić information content (AvgIpc) is 2.90. The van der Waals surface area contributed by atoms with E-state index in [1.54, 1.807) is 0 Å². The predicted molar refractivity (Wildman–Crippen MR) is 90.4 cm³/mol. The number of hydrogen-bond acceptors (Lipinski definition) is 2. The van der Waals surface area contributed by atoms with Crippen LogP contribution in [0.1, 0.15) is 31.7 Å². The molecule has 1 heterocycles. The Kier molecular flexibility index (Phi) is 6.32. The van der Waals surface area contributed by atoms with Gasteiger partial charge in [-0.1, -0.05) is 19.1 Å². The van der Waals surface area contributed by atoms with Gasteiger partial charge in [0, 0.05) is 14.9 Å². The molecule has 1 aromatic rings. The number of thioether (sulfide) groups is 1. The van der Waals surface area contributed by atoms with E-state index in [9.17, 15) is 0 Å². The third-order valence-electron chi connectivity index (χ3n) is 3.44. The molecule has 1 N–H and O–H groups in total. The highest BCUT2D eigenvalue weighted by Crippen LogP contribution is 2.30. The second-order valence-corrected chi connectivity index (χ2v) is 7.54. The van der Waals surface area contributed by atoms with Crippen molar-refractivity contribution in [1.29, 1.82) is 0 Å². The van der Waals surface area contributed by atoms with Gasteiger partial charge in [-0.15, -0.1) is 0 Å². The summed E-state index contributed by atoms with van der Waals surface area (Å²) >= 11 is 4.53. The lowest BCUT2D eigenvalue weighted by molar-refractivity contribution is 0.482. The van der Waals surface area contributed by atoms with Crippen LogP contribution in [0.3, 0.4) is 0 Å². The Morgan fingerprint density at radius 2 is 2.17 bits per heavy atom. The topological polar surface area (TPSA) is 12.0 Å². The number of nitrogens with one attached hydrogen (secondary N) is 1. The molecule has 0 spiro atoms. The molecule has 1 fully saturated rings. The van der Waals surface area contributed by atoms with E-state index in [-0.39, 0.29) is 0 Å². The van der Waals surface area contributed by atoms with Crippen molar-refractivity contribution in [3.63, 3.8) is 0 Å². The van der Waals surface area contributed by atoms with Gasteiger partial charge in [0.25, 0.3) is 0 Å². The molecule has 1 nitrogen and oxygen atoms in total. The van der Waals surface area contributed by atoms with Crippen LogP contribution < -0.4 is 5.32 Å². The quantitative estimate of drug-likeness (QED) is 0.752. The highest BCUT2D eigenvalue weighted by Gasteiger charge is 2.25. The summed E-state index contributed by atoms with van der Waals surface area (Å²) in [4.78, 5) is 0. The van der Waals surface area contributed by atoms with E-state index in [0.717, 1.165) is 11.8 Å². The van der Waals surface area contributed by atoms with Crippen LogP contribution >= 0.6 is 34.4 Å². The summed E-state index contributed by atoms with van der Waals surface area (Å²) in [5.74, 6) is 1.35. The first-order valence-corrected chi connectivity index (χ1v) is 9.01. The highest BCUT2D eigenvalue weighted by molar-refractivity contribution is 14.1. The second-order valence-electron chi connectivity index (χ2n) is 4.94. The minimum atomic E-state index is 0.650. The fraction of sp³-hybridized carbons (Fsp3) is 0.600. The molecule has 1 aliphatic heterocycles. The summed E-state index contributed by atoms with van der Waals surface area (Å²) in [5.41, 5.74) is 1.47. The molecule has 1 aromatic carbocycles. The van der Waals surface area contributed by atoms with E-state index >= 15 is 0 Å². The van der Waals surface area contributed by atoms with Crippen LogP contribution in [-0.4, -0.2) is 23.6 Å². The van der Waals surface area contributed by atoms with Gasteiger partial charge in [-0.05, 0) is 78.3 Å². The van der Waals surface area contributed by atoms with E-state index in [0.29, 0.717) is 6.04 Å². The number of rotatable bonds is 6. The first-order valence-electron chi connectivity index (χ1n) is 6.89. The lowest BCUT2D eigenvalue weighted by atomic mass is 10.0. The molecule has 0 bridgehead atoms. The molecule has 1 aliphatic rings. The zero-order valence-corrected chi connectivity index (χ0v) is 14.0. The maximum atomic E-state index is 3.75. The largest absolute Gasteiger partial charge is 0.313 e. The van der Waals surface area contributed by atoms with Gasteiger partial charge in [0.2, 0.25) is 0 Å². The Hall–Kier alpha value is 0.260. The van der Waals surface area contributed by atoms with Crippen molar-refractivity contribution in [2.75, 3.05) is 12.3 Å². The lowest BCUT2D eigenvalue weighted by Crippen LogP contribution is -2.39. The zero-order chi connectivity index (χ0) is 12.8. The first kappa shape index (κ1) is 14.7. The van der Waals surface area contributed by atoms with Crippen LogP contribution in [0, 0.1) is 3.57 Å². The van der Waals surface area contributed by atoms with Gasteiger partial charge in [0.15, 0.2) is 0 Å². The van der Waals surface area contributed by atoms with E-state index in [1.807, 2.05) is 0 Å². The summed E-state index contributed by atoms with van der Waals surface area (Å²) in [5, 5.41) is 4.57. The van der Waals surface area contributed by atoms with Crippen LogP contribution in [0.4, 0.5) is 0 Å². The predicted octanol–water partition coefficient (Wildman–Crippen LogP) is 4.10. The maximum absolute atomic E-state index is 3.75. The van der Waals surface area contributed by atoms with Gasteiger partial charge >= 0.3 is 0 Å². The van der Waals surface area contributed by atoms with E-state index in [2.05, 4.69) is 70.9 Å². The monoisotopic (exact) mass is 375 g/mol.